The van der Waals surface area contributed by atoms with Gasteiger partial charge in [0.15, 0.2) is 53.5 Å². The van der Waals surface area contributed by atoms with Gasteiger partial charge in [0.2, 0.25) is 0 Å². The number of hydrogen-bond donors (Lipinski definition) is 0. The number of halogens is 10. The first-order valence-electron chi connectivity index (χ1n) is 17.5. The first-order chi connectivity index (χ1) is 26.5. The molecule has 3 aromatic carbocycles. The maximum absolute atomic E-state index is 15.6. The summed E-state index contributed by atoms with van der Waals surface area (Å²) in [5, 5.41) is -1.90. The van der Waals surface area contributed by atoms with E-state index in [2.05, 4.69) is 41.3 Å². The summed E-state index contributed by atoms with van der Waals surface area (Å²) in [5.74, 6) is -17.1. The smallest absolute Gasteiger partial charge is 0.196 e. The molecule has 3 aromatic rings. The summed E-state index contributed by atoms with van der Waals surface area (Å²) in [6.07, 6.45) is 6.06. The van der Waals surface area contributed by atoms with Crippen molar-refractivity contribution in [2.45, 2.75) is 41.7 Å². The van der Waals surface area contributed by atoms with Crippen molar-refractivity contribution in [3.05, 3.63) is 191 Å². The second-order valence-corrected chi connectivity index (χ2v) is 16.1. The van der Waals surface area contributed by atoms with Crippen molar-refractivity contribution in [2.75, 3.05) is 4.90 Å². The third kappa shape index (κ3) is 5.63. The standard InChI is InChI=1S/C43H30F10NP/c44-31-33(46)37(50)41(38(51)34(31)47)55(42-39(52)35(48)32(45)36(49)40(42)53)26-21-19-25(20-22-26)54-29-17-9-7-15-27(29)43(23-11-3-1-4-12-23,24-13-5-2-6-14-24)28-16-8-10-18-30(28)54/h1-22,27-30,33,37,39,42H. The molecule has 282 valence electrons. The number of allylic oxidation sites excluding steroid dienone is 12. The second kappa shape index (κ2) is 14.3. The van der Waals surface area contributed by atoms with Crippen LogP contribution in [-0.4, -0.2) is 36.3 Å². The van der Waals surface area contributed by atoms with Crippen LogP contribution in [-0.2, 0) is 5.41 Å². The van der Waals surface area contributed by atoms with Gasteiger partial charge in [0.25, 0.3) is 0 Å². The first-order valence-corrected chi connectivity index (χ1v) is 18.9. The molecule has 0 aromatic heterocycles. The highest BCUT2D eigenvalue weighted by molar-refractivity contribution is 7.70. The highest BCUT2D eigenvalue weighted by Crippen LogP contribution is 2.63. The first kappa shape index (κ1) is 37.1. The third-order valence-electron chi connectivity index (χ3n) is 11.2. The largest absolute Gasteiger partial charge is 0.357 e. The van der Waals surface area contributed by atoms with Crippen molar-refractivity contribution >= 4 is 18.9 Å². The molecule has 0 saturated carbocycles. The quantitative estimate of drug-likeness (QED) is 0.178. The zero-order chi connectivity index (χ0) is 38.8. The number of benzene rings is 3. The van der Waals surface area contributed by atoms with Gasteiger partial charge in [-0.1, -0.05) is 121 Å². The molecule has 0 radical (unpaired) electrons. The molecule has 12 heteroatoms. The van der Waals surface area contributed by atoms with Crippen LogP contribution in [0.3, 0.4) is 0 Å². The fraction of sp³-hybridized carbons (Fsp3) is 0.209. The molecule has 0 amide bonds. The number of piperidine rings is 1. The van der Waals surface area contributed by atoms with Crippen LogP contribution in [0.25, 0.3) is 0 Å². The Kier molecular flexibility index (Phi) is 9.64. The maximum atomic E-state index is 15.6. The number of nitrogens with zero attached hydrogens (tertiary/aromatic N) is 1. The number of fused-ring (bicyclic) bond motifs is 2. The summed E-state index contributed by atoms with van der Waals surface area (Å²) in [4.78, 5) is 2.12. The van der Waals surface area contributed by atoms with E-state index in [-0.39, 0.29) is 29.2 Å². The molecular formula is C43H30F10NP. The molecule has 1 saturated heterocycles. The summed E-state index contributed by atoms with van der Waals surface area (Å²) in [5.41, 5.74) is -0.701. The van der Waals surface area contributed by atoms with Gasteiger partial charge in [-0.3, -0.25) is 0 Å². The Hall–Kier alpha value is -4.89. The van der Waals surface area contributed by atoms with E-state index in [4.69, 9.17) is 0 Å². The fourth-order valence-corrected chi connectivity index (χ4v) is 11.7. The lowest BCUT2D eigenvalue weighted by molar-refractivity contribution is 0.189. The van der Waals surface area contributed by atoms with Gasteiger partial charge >= 0.3 is 0 Å². The van der Waals surface area contributed by atoms with Gasteiger partial charge < -0.3 is 4.90 Å². The molecule has 8 rings (SSSR count). The normalized spacial score (nSPS) is 30.5. The van der Waals surface area contributed by atoms with E-state index in [9.17, 15) is 26.3 Å². The fourth-order valence-electron chi connectivity index (χ4n) is 8.87. The third-order valence-corrected chi connectivity index (χ3v) is 14.0. The van der Waals surface area contributed by atoms with Gasteiger partial charge in [-0.25, -0.2) is 43.9 Å². The van der Waals surface area contributed by atoms with E-state index in [0.717, 1.165) is 11.1 Å². The minimum atomic E-state index is -3.44. The summed E-state index contributed by atoms with van der Waals surface area (Å²) in [7, 11) is -3.44. The number of anilines is 1. The van der Waals surface area contributed by atoms with Crippen LogP contribution in [0.5, 0.6) is 0 Å². The molecule has 5 aliphatic rings. The minimum Gasteiger partial charge on any atom is -0.357 e. The Morgan fingerprint density at radius 2 is 0.927 bits per heavy atom. The SMILES string of the molecule is FC1=C(F)C(F)C(F)C(P(c2ccc(N3C4C=CC=CC4C(c4ccccc4)(c4ccccc4)C4C=CC=CC43)cc2)C2C(F)=C(F)C(F)=C(F)C2F)=C1F. The van der Waals surface area contributed by atoms with Crippen LogP contribution in [0.4, 0.5) is 49.6 Å². The van der Waals surface area contributed by atoms with E-state index in [1.165, 1.54) is 24.3 Å². The van der Waals surface area contributed by atoms with Gasteiger partial charge in [0.1, 0.15) is 5.83 Å². The zero-order valence-electron chi connectivity index (χ0n) is 28.5. The molecule has 9 unspecified atom stereocenters. The Balaban J connectivity index is 1.28. The predicted octanol–water partition coefficient (Wildman–Crippen LogP) is 11.9. The monoisotopic (exact) mass is 781 g/mol. The predicted molar refractivity (Wildman–Crippen MR) is 195 cm³/mol. The van der Waals surface area contributed by atoms with E-state index in [0.29, 0.717) is 5.69 Å². The Bertz CT molecular complexity index is 2160. The molecule has 0 N–H and O–H groups in total. The molecule has 1 nitrogen and oxygen atoms in total. The number of hydrogen-bond acceptors (Lipinski definition) is 1. The molecule has 1 aliphatic heterocycles. The van der Waals surface area contributed by atoms with Gasteiger partial charge in [0, 0.05) is 28.3 Å². The summed E-state index contributed by atoms with van der Waals surface area (Å²) < 4.78 is 149. The van der Waals surface area contributed by atoms with Gasteiger partial charge in [-0.05, 0) is 36.5 Å². The lowest BCUT2D eigenvalue weighted by atomic mass is 9.51. The van der Waals surface area contributed by atoms with Crippen LogP contribution < -0.4 is 10.2 Å². The van der Waals surface area contributed by atoms with Gasteiger partial charge in [0.05, 0.1) is 17.7 Å². The molecule has 9 atom stereocenters. The average molecular weight is 782 g/mol. The molecule has 55 heavy (non-hydrogen) atoms. The Morgan fingerprint density at radius 1 is 0.473 bits per heavy atom. The van der Waals surface area contributed by atoms with Gasteiger partial charge in [-0.2, -0.15) is 0 Å². The Morgan fingerprint density at radius 3 is 1.45 bits per heavy atom. The van der Waals surface area contributed by atoms with E-state index in [1.54, 1.807) is 0 Å². The molecule has 1 fully saturated rings. The van der Waals surface area contributed by atoms with Crippen LogP contribution in [0.1, 0.15) is 11.1 Å². The highest BCUT2D eigenvalue weighted by atomic mass is 31.1. The summed E-state index contributed by atoms with van der Waals surface area (Å²) in [6.45, 7) is 0. The van der Waals surface area contributed by atoms with Crippen molar-refractivity contribution < 1.29 is 43.9 Å². The van der Waals surface area contributed by atoms with Crippen LogP contribution in [0.15, 0.2) is 180 Å². The van der Waals surface area contributed by atoms with Crippen LogP contribution in [0, 0.1) is 11.8 Å². The summed E-state index contributed by atoms with van der Waals surface area (Å²) in [6, 6.07) is 24.9. The van der Waals surface area contributed by atoms with Crippen molar-refractivity contribution in [1.82, 2.24) is 0 Å². The second-order valence-electron chi connectivity index (χ2n) is 13.8. The van der Waals surface area contributed by atoms with Crippen molar-refractivity contribution in [1.29, 1.82) is 0 Å². The average Bonchev–Trinajstić information content (AvgIpc) is 3.23. The maximum Gasteiger partial charge on any atom is 0.196 e. The van der Waals surface area contributed by atoms with Gasteiger partial charge in [-0.15, -0.1) is 0 Å². The molecule has 0 spiro atoms. The lowest BCUT2D eigenvalue weighted by Gasteiger charge is -2.60. The molecule has 0 bridgehead atoms. The van der Waals surface area contributed by atoms with E-state index < -0.39 is 83.6 Å². The molecule has 1 heterocycles. The van der Waals surface area contributed by atoms with Crippen molar-refractivity contribution in [3.63, 3.8) is 0 Å². The summed E-state index contributed by atoms with van der Waals surface area (Å²) >= 11 is 0. The number of rotatable bonds is 6. The van der Waals surface area contributed by atoms with Crippen LogP contribution >= 0.6 is 7.92 Å². The number of alkyl halides is 3. The van der Waals surface area contributed by atoms with Crippen molar-refractivity contribution in [2.24, 2.45) is 11.8 Å². The highest BCUT2D eigenvalue weighted by Gasteiger charge is 2.58. The molecular weight excluding hydrogens is 751 g/mol. The topological polar surface area (TPSA) is 3.24 Å². The Labute approximate surface area is 311 Å². The minimum absolute atomic E-state index is 0.196. The zero-order valence-corrected chi connectivity index (χ0v) is 29.4. The van der Waals surface area contributed by atoms with Crippen LogP contribution in [0.2, 0.25) is 0 Å². The van der Waals surface area contributed by atoms with E-state index in [1.807, 2.05) is 72.9 Å². The van der Waals surface area contributed by atoms with Crippen molar-refractivity contribution in [3.8, 4) is 0 Å². The van der Waals surface area contributed by atoms with E-state index >= 15 is 17.6 Å². The molecule has 4 aliphatic carbocycles. The lowest BCUT2D eigenvalue weighted by Crippen LogP contribution is -2.65.